The molecule has 4 nitrogen and oxygen atoms in total. The molecule has 1 aromatic carbocycles. The number of carbonyl (C=O) groups excluding carboxylic acids is 1. The van der Waals surface area contributed by atoms with Gasteiger partial charge in [-0.3, -0.25) is 0 Å². The molecular formula is C16H24O4. The van der Waals surface area contributed by atoms with Gasteiger partial charge >= 0.3 is 5.97 Å². The molecule has 112 valence electrons. The van der Waals surface area contributed by atoms with Crippen molar-refractivity contribution in [3.8, 4) is 5.75 Å². The Labute approximate surface area is 120 Å². The SMILES string of the molecule is CCC(C)OC(Cc1cccc(O)c1)C(=O)OC(C)C. The van der Waals surface area contributed by atoms with Gasteiger partial charge in [0.2, 0.25) is 0 Å². The number of rotatable bonds is 7. The van der Waals surface area contributed by atoms with Crippen LogP contribution in [0.25, 0.3) is 0 Å². The van der Waals surface area contributed by atoms with Crippen LogP contribution in [-0.4, -0.2) is 29.4 Å². The monoisotopic (exact) mass is 280 g/mol. The molecule has 0 aliphatic rings. The Bertz CT molecular complexity index is 428. The second kappa shape index (κ2) is 7.90. The molecule has 0 aromatic heterocycles. The summed E-state index contributed by atoms with van der Waals surface area (Å²) >= 11 is 0. The van der Waals surface area contributed by atoms with Crippen molar-refractivity contribution in [1.29, 1.82) is 0 Å². The summed E-state index contributed by atoms with van der Waals surface area (Å²) in [6.07, 6.45) is 0.386. The van der Waals surface area contributed by atoms with Gasteiger partial charge in [0.05, 0.1) is 12.2 Å². The maximum absolute atomic E-state index is 12.1. The van der Waals surface area contributed by atoms with Gasteiger partial charge < -0.3 is 14.6 Å². The van der Waals surface area contributed by atoms with E-state index in [0.717, 1.165) is 12.0 Å². The van der Waals surface area contributed by atoms with Crippen molar-refractivity contribution >= 4 is 5.97 Å². The molecule has 2 unspecified atom stereocenters. The summed E-state index contributed by atoms with van der Waals surface area (Å²) in [6.45, 7) is 7.56. The van der Waals surface area contributed by atoms with Crippen molar-refractivity contribution in [2.75, 3.05) is 0 Å². The summed E-state index contributed by atoms with van der Waals surface area (Å²) in [5, 5.41) is 9.48. The standard InChI is InChI=1S/C16H24O4/c1-5-12(4)20-15(16(18)19-11(2)3)10-13-7-6-8-14(17)9-13/h6-9,11-12,15,17H,5,10H2,1-4H3. The van der Waals surface area contributed by atoms with Crippen LogP contribution in [0.4, 0.5) is 0 Å². The first-order valence-electron chi connectivity index (χ1n) is 7.06. The zero-order valence-electron chi connectivity index (χ0n) is 12.6. The molecule has 1 aromatic rings. The molecule has 0 aliphatic carbocycles. The van der Waals surface area contributed by atoms with Gasteiger partial charge in [-0.05, 0) is 44.9 Å². The van der Waals surface area contributed by atoms with E-state index in [9.17, 15) is 9.90 Å². The van der Waals surface area contributed by atoms with Crippen LogP contribution in [0, 0.1) is 0 Å². The molecular weight excluding hydrogens is 256 g/mol. The predicted octanol–water partition coefficient (Wildman–Crippen LogP) is 3.07. The third kappa shape index (κ3) is 5.61. The number of aromatic hydroxyl groups is 1. The van der Waals surface area contributed by atoms with Crippen LogP contribution in [0.2, 0.25) is 0 Å². The fraction of sp³-hybridized carbons (Fsp3) is 0.562. The fourth-order valence-corrected chi connectivity index (χ4v) is 1.77. The summed E-state index contributed by atoms with van der Waals surface area (Å²) in [5.41, 5.74) is 0.846. The van der Waals surface area contributed by atoms with Crippen LogP contribution in [0.5, 0.6) is 5.75 Å². The molecule has 0 saturated carbocycles. The van der Waals surface area contributed by atoms with E-state index < -0.39 is 6.10 Å². The van der Waals surface area contributed by atoms with Crippen LogP contribution in [-0.2, 0) is 20.7 Å². The lowest BCUT2D eigenvalue weighted by Gasteiger charge is -2.22. The largest absolute Gasteiger partial charge is 0.508 e. The van der Waals surface area contributed by atoms with Crippen molar-refractivity contribution in [2.24, 2.45) is 0 Å². The Morgan fingerprint density at radius 1 is 1.30 bits per heavy atom. The highest BCUT2D eigenvalue weighted by molar-refractivity contribution is 5.75. The van der Waals surface area contributed by atoms with Crippen molar-refractivity contribution in [3.63, 3.8) is 0 Å². The Balaban J connectivity index is 2.78. The summed E-state index contributed by atoms with van der Waals surface area (Å²) in [4.78, 5) is 12.1. The van der Waals surface area contributed by atoms with Crippen molar-refractivity contribution in [2.45, 2.75) is 58.8 Å². The van der Waals surface area contributed by atoms with Gasteiger partial charge in [0.1, 0.15) is 5.75 Å². The molecule has 0 saturated heterocycles. The molecule has 1 N–H and O–H groups in total. The lowest BCUT2D eigenvalue weighted by molar-refractivity contribution is -0.164. The average molecular weight is 280 g/mol. The van der Waals surface area contributed by atoms with Crippen LogP contribution in [0.15, 0.2) is 24.3 Å². The maximum atomic E-state index is 12.1. The molecule has 2 atom stereocenters. The smallest absolute Gasteiger partial charge is 0.335 e. The number of phenolic OH excluding ortho intramolecular Hbond substituents is 1. The summed E-state index contributed by atoms with van der Waals surface area (Å²) in [6, 6.07) is 6.84. The van der Waals surface area contributed by atoms with Gasteiger partial charge in [0.25, 0.3) is 0 Å². The molecule has 0 aliphatic heterocycles. The van der Waals surface area contributed by atoms with Crippen LogP contribution < -0.4 is 0 Å². The van der Waals surface area contributed by atoms with Crippen LogP contribution >= 0.6 is 0 Å². The van der Waals surface area contributed by atoms with Crippen molar-refractivity contribution in [1.82, 2.24) is 0 Å². The van der Waals surface area contributed by atoms with Gasteiger partial charge in [0.15, 0.2) is 6.10 Å². The maximum Gasteiger partial charge on any atom is 0.335 e. The zero-order valence-corrected chi connectivity index (χ0v) is 12.6. The third-order valence-corrected chi connectivity index (χ3v) is 2.92. The number of benzene rings is 1. The Morgan fingerprint density at radius 3 is 2.55 bits per heavy atom. The highest BCUT2D eigenvalue weighted by Crippen LogP contribution is 2.16. The van der Waals surface area contributed by atoms with E-state index in [4.69, 9.17) is 9.47 Å². The fourth-order valence-electron chi connectivity index (χ4n) is 1.77. The number of ether oxygens (including phenoxy) is 2. The van der Waals surface area contributed by atoms with Gasteiger partial charge in [0, 0.05) is 6.42 Å². The summed E-state index contributed by atoms with van der Waals surface area (Å²) < 4.78 is 11.0. The Hall–Kier alpha value is -1.55. The first-order valence-corrected chi connectivity index (χ1v) is 7.06. The molecule has 0 radical (unpaired) electrons. The van der Waals surface area contributed by atoms with Gasteiger partial charge in [-0.1, -0.05) is 19.1 Å². The quantitative estimate of drug-likeness (QED) is 0.780. The number of esters is 1. The second-order valence-corrected chi connectivity index (χ2v) is 5.20. The first-order chi connectivity index (χ1) is 9.42. The highest BCUT2D eigenvalue weighted by atomic mass is 16.6. The minimum Gasteiger partial charge on any atom is -0.508 e. The molecule has 1 rings (SSSR count). The van der Waals surface area contributed by atoms with Crippen LogP contribution in [0.1, 0.15) is 39.7 Å². The van der Waals surface area contributed by atoms with Gasteiger partial charge in [-0.25, -0.2) is 4.79 Å². The van der Waals surface area contributed by atoms with Gasteiger partial charge in [-0.15, -0.1) is 0 Å². The van der Waals surface area contributed by atoms with Crippen molar-refractivity contribution < 1.29 is 19.4 Å². The second-order valence-electron chi connectivity index (χ2n) is 5.20. The van der Waals surface area contributed by atoms with E-state index in [1.54, 1.807) is 18.2 Å². The van der Waals surface area contributed by atoms with E-state index in [1.165, 1.54) is 0 Å². The third-order valence-electron chi connectivity index (χ3n) is 2.92. The number of phenols is 1. The van der Waals surface area contributed by atoms with E-state index >= 15 is 0 Å². The molecule has 0 bridgehead atoms. The molecule has 0 fully saturated rings. The number of hydrogen-bond acceptors (Lipinski definition) is 4. The van der Waals surface area contributed by atoms with E-state index in [2.05, 4.69) is 0 Å². The number of hydrogen-bond donors (Lipinski definition) is 1. The molecule has 4 heteroatoms. The van der Waals surface area contributed by atoms with E-state index in [-0.39, 0.29) is 23.9 Å². The lowest BCUT2D eigenvalue weighted by Crippen LogP contribution is -2.33. The first kappa shape index (κ1) is 16.5. The average Bonchev–Trinajstić information content (AvgIpc) is 2.37. The van der Waals surface area contributed by atoms with E-state index in [0.29, 0.717) is 6.42 Å². The van der Waals surface area contributed by atoms with Gasteiger partial charge in [-0.2, -0.15) is 0 Å². The highest BCUT2D eigenvalue weighted by Gasteiger charge is 2.24. The minimum absolute atomic E-state index is 0.0166. The molecule has 0 spiro atoms. The summed E-state index contributed by atoms with van der Waals surface area (Å²) in [7, 11) is 0. The lowest BCUT2D eigenvalue weighted by atomic mass is 10.1. The van der Waals surface area contributed by atoms with Crippen molar-refractivity contribution in [3.05, 3.63) is 29.8 Å². The normalized spacial score (nSPS) is 14.1. The zero-order chi connectivity index (χ0) is 15.1. The molecule has 0 heterocycles. The topological polar surface area (TPSA) is 55.8 Å². The summed E-state index contributed by atoms with van der Waals surface area (Å²) in [5.74, 6) is -0.175. The van der Waals surface area contributed by atoms with E-state index in [1.807, 2.05) is 33.8 Å². The Kier molecular flexibility index (Phi) is 6.52. The molecule has 20 heavy (non-hydrogen) atoms. The minimum atomic E-state index is -0.644. The van der Waals surface area contributed by atoms with Crippen LogP contribution in [0.3, 0.4) is 0 Å². The predicted molar refractivity (Wildman–Crippen MR) is 77.7 cm³/mol. The Morgan fingerprint density at radius 2 is 2.00 bits per heavy atom. The number of carbonyl (C=O) groups is 1. The molecule has 0 amide bonds.